The van der Waals surface area contributed by atoms with Gasteiger partial charge in [0.05, 0.1) is 37.9 Å². The Kier molecular flexibility index (Phi) is 5.74. The van der Waals surface area contributed by atoms with Crippen molar-refractivity contribution in [2.45, 2.75) is 38.6 Å². The number of aromatic nitrogens is 2. The van der Waals surface area contributed by atoms with Crippen LogP contribution >= 0.6 is 22.7 Å². The second-order valence-corrected chi connectivity index (χ2v) is 9.28. The molecule has 1 atom stereocenters. The number of nitrogens with one attached hydrogen (secondary N) is 1. The average Bonchev–Trinajstić information content (AvgIpc) is 3.38. The lowest BCUT2D eigenvalue weighted by atomic mass is 9.78. The van der Waals surface area contributed by atoms with Crippen molar-refractivity contribution >= 4 is 38.8 Å². The molecule has 6 heteroatoms. The predicted octanol–water partition coefficient (Wildman–Crippen LogP) is 5.13. The Morgan fingerprint density at radius 2 is 1.79 bits per heavy atom. The van der Waals surface area contributed by atoms with Crippen LogP contribution in [0.1, 0.15) is 35.1 Å². The Bertz CT molecular complexity index is 1090. The number of hydrogen-bond donors (Lipinski definition) is 1. The average molecular weight is 422 g/mol. The minimum Gasteiger partial charge on any atom is -0.350 e. The standard InChI is InChI=1S/C23H23N3OS2/c1-3-20-25-17(15-28-20)14-24-22(27)23(2,16-9-5-4-6-10-16)13-21-26-18-11-7-8-12-19(18)29-21/h4-12,15H,3,13-14H2,1-2H3,(H,24,27). The number of rotatable bonds is 7. The Morgan fingerprint density at radius 1 is 1.03 bits per heavy atom. The second-order valence-electron chi connectivity index (χ2n) is 7.22. The smallest absolute Gasteiger partial charge is 0.231 e. The number of nitrogens with zero attached hydrogens (tertiary/aromatic N) is 2. The van der Waals surface area contributed by atoms with Gasteiger partial charge in [0.25, 0.3) is 0 Å². The third kappa shape index (κ3) is 4.23. The van der Waals surface area contributed by atoms with E-state index in [0.29, 0.717) is 13.0 Å². The number of fused-ring (bicyclic) bond motifs is 1. The summed E-state index contributed by atoms with van der Waals surface area (Å²) in [6.45, 7) is 4.53. The van der Waals surface area contributed by atoms with E-state index in [1.165, 1.54) is 0 Å². The second kappa shape index (κ2) is 8.43. The monoisotopic (exact) mass is 421 g/mol. The van der Waals surface area contributed by atoms with E-state index in [-0.39, 0.29) is 5.91 Å². The fraction of sp³-hybridized carbons (Fsp3) is 0.261. The number of benzene rings is 2. The molecule has 4 aromatic rings. The van der Waals surface area contributed by atoms with Crippen LogP contribution in [0.15, 0.2) is 60.0 Å². The molecule has 4 nitrogen and oxygen atoms in total. The van der Waals surface area contributed by atoms with Crippen LogP contribution in [0.3, 0.4) is 0 Å². The number of hydrogen-bond acceptors (Lipinski definition) is 5. The van der Waals surface area contributed by atoms with Gasteiger partial charge in [-0.3, -0.25) is 4.79 Å². The molecular formula is C23H23N3OS2. The van der Waals surface area contributed by atoms with Crippen molar-refractivity contribution in [3.63, 3.8) is 0 Å². The highest BCUT2D eigenvalue weighted by atomic mass is 32.1. The first-order chi connectivity index (χ1) is 14.1. The Labute approximate surface area is 178 Å². The summed E-state index contributed by atoms with van der Waals surface area (Å²) in [5.74, 6) is -0.00555. The highest BCUT2D eigenvalue weighted by Crippen LogP contribution is 2.32. The number of carbonyl (C=O) groups excluding carboxylic acids is 1. The molecule has 29 heavy (non-hydrogen) atoms. The highest BCUT2D eigenvalue weighted by molar-refractivity contribution is 7.18. The number of carbonyl (C=O) groups is 1. The molecule has 0 bridgehead atoms. The van der Waals surface area contributed by atoms with Crippen LogP contribution in [0.25, 0.3) is 10.2 Å². The van der Waals surface area contributed by atoms with Gasteiger partial charge in [-0.15, -0.1) is 22.7 Å². The maximum atomic E-state index is 13.4. The quantitative estimate of drug-likeness (QED) is 0.450. The molecule has 2 aromatic heterocycles. The molecule has 1 amide bonds. The van der Waals surface area contributed by atoms with Crippen molar-refractivity contribution in [2.24, 2.45) is 0 Å². The molecular weight excluding hydrogens is 398 g/mol. The topological polar surface area (TPSA) is 54.9 Å². The van der Waals surface area contributed by atoms with Crippen LogP contribution < -0.4 is 5.32 Å². The highest BCUT2D eigenvalue weighted by Gasteiger charge is 2.36. The zero-order valence-electron chi connectivity index (χ0n) is 16.5. The first-order valence-corrected chi connectivity index (χ1v) is 11.4. The van der Waals surface area contributed by atoms with E-state index in [9.17, 15) is 4.79 Å². The van der Waals surface area contributed by atoms with Crippen molar-refractivity contribution in [3.05, 3.63) is 81.2 Å². The van der Waals surface area contributed by atoms with Crippen LogP contribution in [-0.4, -0.2) is 15.9 Å². The number of amides is 1. The summed E-state index contributed by atoms with van der Waals surface area (Å²) in [7, 11) is 0. The summed E-state index contributed by atoms with van der Waals surface area (Å²) >= 11 is 3.29. The lowest BCUT2D eigenvalue weighted by Crippen LogP contribution is -2.43. The van der Waals surface area contributed by atoms with Gasteiger partial charge in [-0.2, -0.15) is 0 Å². The van der Waals surface area contributed by atoms with Crippen molar-refractivity contribution in [1.82, 2.24) is 15.3 Å². The van der Waals surface area contributed by atoms with Crippen LogP contribution in [0.4, 0.5) is 0 Å². The molecule has 0 fully saturated rings. The minimum absolute atomic E-state index is 0.00555. The van der Waals surface area contributed by atoms with Gasteiger partial charge < -0.3 is 5.32 Å². The van der Waals surface area contributed by atoms with E-state index in [2.05, 4.69) is 23.3 Å². The Morgan fingerprint density at radius 3 is 2.52 bits per heavy atom. The lowest BCUT2D eigenvalue weighted by Gasteiger charge is -2.28. The molecule has 0 aliphatic rings. The zero-order valence-corrected chi connectivity index (χ0v) is 18.1. The van der Waals surface area contributed by atoms with E-state index in [1.807, 2.05) is 60.8 Å². The van der Waals surface area contributed by atoms with Gasteiger partial charge in [0.1, 0.15) is 0 Å². The van der Waals surface area contributed by atoms with E-state index in [0.717, 1.165) is 37.9 Å². The molecule has 1 unspecified atom stereocenters. The fourth-order valence-electron chi connectivity index (χ4n) is 3.38. The largest absolute Gasteiger partial charge is 0.350 e. The van der Waals surface area contributed by atoms with Gasteiger partial charge in [-0.25, -0.2) is 9.97 Å². The Balaban J connectivity index is 1.60. The fourth-order valence-corrected chi connectivity index (χ4v) is 5.24. The SMILES string of the molecule is CCc1nc(CNC(=O)C(C)(Cc2nc3ccccc3s2)c2ccccc2)cs1. The van der Waals surface area contributed by atoms with Gasteiger partial charge in [-0.1, -0.05) is 49.4 Å². The first kappa shape index (κ1) is 19.7. The predicted molar refractivity (Wildman–Crippen MR) is 120 cm³/mol. The first-order valence-electron chi connectivity index (χ1n) is 9.70. The lowest BCUT2D eigenvalue weighted by molar-refractivity contribution is -0.126. The molecule has 0 aliphatic heterocycles. The molecule has 148 valence electrons. The third-order valence-electron chi connectivity index (χ3n) is 5.09. The summed E-state index contributed by atoms with van der Waals surface area (Å²) in [6, 6.07) is 18.1. The molecule has 2 aromatic carbocycles. The van der Waals surface area contributed by atoms with Crippen molar-refractivity contribution < 1.29 is 4.79 Å². The molecule has 0 radical (unpaired) electrons. The van der Waals surface area contributed by atoms with E-state index >= 15 is 0 Å². The van der Waals surface area contributed by atoms with Crippen LogP contribution in [-0.2, 0) is 29.6 Å². The van der Waals surface area contributed by atoms with Gasteiger partial charge in [-0.05, 0) is 31.0 Å². The number of thiazole rings is 2. The molecule has 0 spiro atoms. The van der Waals surface area contributed by atoms with Gasteiger partial charge in [0, 0.05) is 11.8 Å². The van der Waals surface area contributed by atoms with Crippen molar-refractivity contribution in [3.8, 4) is 0 Å². The van der Waals surface area contributed by atoms with Gasteiger partial charge in [0.15, 0.2) is 0 Å². The molecule has 1 N–H and O–H groups in total. The third-order valence-corrected chi connectivity index (χ3v) is 7.17. The minimum atomic E-state index is -0.710. The van der Waals surface area contributed by atoms with Crippen molar-refractivity contribution in [1.29, 1.82) is 0 Å². The number of para-hydroxylation sites is 1. The summed E-state index contributed by atoms with van der Waals surface area (Å²) in [5, 5.41) is 7.19. The van der Waals surface area contributed by atoms with E-state index in [4.69, 9.17) is 4.98 Å². The summed E-state index contributed by atoms with van der Waals surface area (Å²) in [6.07, 6.45) is 1.47. The summed E-state index contributed by atoms with van der Waals surface area (Å²) < 4.78 is 1.15. The Hall–Kier alpha value is -2.57. The molecule has 0 aliphatic carbocycles. The van der Waals surface area contributed by atoms with E-state index in [1.54, 1.807) is 22.7 Å². The molecule has 2 heterocycles. The molecule has 0 saturated heterocycles. The van der Waals surface area contributed by atoms with Crippen LogP contribution in [0.2, 0.25) is 0 Å². The maximum Gasteiger partial charge on any atom is 0.231 e. The number of aryl methyl sites for hydroxylation is 1. The molecule has 4 rings (SSSR count). The summed E-state index contributed by atoms with van der Waals surface area (Å²) in [5.41, 5.74) is 2.18. The van der Waals surface area contributed by atoms with Crippen molar-refractivity contribution in [2.75, 3.05) is 0 Å². The van der Waals surface area contributed by atoms with Crippen LogP contribution in [0.5, 0.6) is 0 Å². The normalized spacial score (nSPS) is 13.3. The molecule has 0 saturated carbocycles. The van der Waals surface area contributed by atoms with Gasteiger partial charge >= 0.3 is 0 Å². The van der Waals surface area contributed by atoms with Crippen LogP contribution in [0, 0.1) is 0 Å². The zero-order chi connectivity index (χ0) is 20.3. The van der Waals surface area contributed by atoms with Gasteiger partial charge in [0.2, 0.25) is 5.91 Å². The maximum absolute atomic E-state index is 13.4. The summed E-state index contributed by atoms with van der Waals surface area (Å²) in [4.78, 5) is 22.7. The van der Waals surface area contributed by atoms with E-state index < -0.39 is 5.41 Å².